The topological polar surface area (TPSA) is 45.3 Å². The van der Waals surface area contributed by atoms with Gasteiger partial charge < -0.3 is 14.6 Å². The van der Waals surface area contributed by atoms with E-state index in [0.29, 0.717) is 6.54 Å². The highest BCUT2D eigenvalue weighted by Crippen LogP contribution is 2.45. The van der Waals surface area contributed by atoms with Crippen LogP contribution in [0.3, 0.4) is 0 Å². The number of H-pyrrole nitrogens is 1. The number of aryl methyl sites for hydroxylation is 1. The molecular weight excluding hydrogens is 396 g/mol. The minimum absolute atomic E-state index is 0.0984. The van der Waals surface area contributed by atoms with Crippen molar-refractivity contribution in [3.05, 3.63) is 95.1 Å². The number of amides is 1. The van der Waals surface area contributed by atoms with Gasteiger partial charge in [-0.2, -0.15) is 0 Å². The van der Waals surface area contributed by atoms with E-state index in [9.17, 15) is 4.79 Å². The normalized spacial score (nSPS) is 20.3. The number of hydrogen-bond donors (Lipinski definition) is 1. The number of hydrogen-bond acceptors (Lipinski definition) is 2. The first-order valence-corrected chi connectivity index (χ1v) is 11.4. The number of ether oxygens (including phenoxy) is 1. The molecule has 3 heterocycles. The van der Waals surface area contributed by atoms with E-state index < -0.39 is 0 Å². The molecule has 2 aliphatic rings. The average Bonchev–Trinajstić information content (AvgIpc) is 3.53. The molecule has 32 heavy (non-hydrogen) atoms. The third-order valence-electron chi connectivity index (χ3n) is 6.84. The largest absolute Gasteiger partial charge is 0.376 e. The number of fused-ring (bicyclic) bond motifs is 2. The molecule has 4 nitrogen and oxygen atoms in total. The molecule has 1 aromatic heterocycles. The smallest absolute Gasteiger partial charge is 0.255 e. The lowest BCUT2D eigenvalue weighted by Crippen LogP contribution is -2.35. The van der Waals surface area contributed by atoms with Gasteiger partial charge in [0.05, 0.1) is 17.8 Å². The number of carbonyl (C=O) groups excluding carboxylic acids is 1. The van der Waals surface area contributed by atoms with Gasteiger partial charge in [-0.3, -0.25) is 4.79 Å². The van der Waals surface area contributed by atoms with Crippen LogP contribution in [-0.2, 0) is 4.74 Å². The Kier molecular flexibility index (Phi) is 4.62. The van der Waals surface area contributed by atoms with Gasteiger partial charge in [-0.25, -0.2) is 0 Å². The van der Waals surface area contributed by atoms with E-state index in [-0.39, 0.29) is 18.1 Å². The fourth-order valence-corrected chi connectivity index (χ4v) is 5.27. The van der Waals surface area contributed by atoms with Crippen molar-refractivity contribution >= 4 is 16.8 Å². The van der Waals surface area contributed by atoms with E-state index in [1.54, 1.807) is 0 Å². The van der Waals surface area contributed by atoms with Gasteiger partial charge in [0.15, 0.2) is 0 Å². The maximum absolute atomic E-state index is 13.6. The van der Waals surface area contributed by atoms with Crippen LogP contribution < -0.4 is 0 Å². The van der Waals surface area contributed by atoms with Crippen LogP contribution in [0, 0.1) is 6.92 Å². The van der Waals surface area contributed by atoms with Crippen molar-refractivity contribution < 1.29 is 9.53 Å². The molecule has 0 spiro atoms. The molecule has 0 bridgehead atoms. The third-order valence-corrected chi connectivity index (χ3v) is 6.84. The van der Waals surface area contributed by atoms with Crippen LogP contribution >= 0.6 is 0 Å². The van der Waals surface area contributed by atoms with Crippen LogP contribution in [0.4, 0.5) is 0 Å². The standard InChI is InChI=1S/C28H26N2O2/c1-18-12-14-19(15-13-18)26-25(23-10-4-5-11-24(23)29-26)27-21-8-2-3-9-22(21)28(31)30(27)17-20-7-6-16-32-20/h2-5,8-15,20,27,29H,6-7,16-17H2,1H3/t20-,27+/m1/s1. The van der Waals surface area contributed by atoms with Gasteiger partial charge >= 0.3 is 0 Å². The molecule has 0 unspecified atom stereocenters. The first-order valence-electron chi connectivity index (χ1n) is 11.4. The molecular formula is C28H26N2O2. The molecule has 0 radical (unpaired) electrons. The summed E-state index contributed by atoms with van der Waals surface area (Å²) in [5.74, 6) is 0.0984. The van der Waals surface area contributed by atoms with E-state index in [1.165, 1.54) is 11.1 Å². The number of carbonyl (C=O) groups is 1. The average molecular weight is 423 g/mol. The van der Waals surface area contributed by atoms with Crippen molar-refractivity contribution in [1.82, 2.24) is 9.88 Å². The number of nitrogens with one attached hydrogen (secondary N) is 1. The van der Waals surface area contributed by atoms with Crippen LogP contribution in [-0.4, -0.2) is 35.0 Å². The second kappa shape index (κ2) is 7.64. The van der Waals surface area contributed by atoms with E-state index in [0.717, 1.165) is 52.7 Å². The second-order valence-electron chi connectivity index (χ2n) is 8.91. The summed E-state index contributed by atoms with van der Waals surface area (Å²) in [6.45, 7) is 3.50. The number of nitrogens with zero attached hydrogens (tertiary/aromatic N) is 1. The maximum atomic E-state index is 13.6. The second-order valence-corrected chi connectivity index (χ2v) is 8.91. The minimum Gasteiger partial charge on any atom is -0.376 e. The van der Waals surface area contributed by atoms with Gasteiger partial charge in [-0.1, -0.05) is 66.2 Å². The van der Waals surface area contributed by atoms with E-state index in [1.807, 2.05) is 23.1 Å². The van der Waals surface area contributed by atoms with Crippen LogP contribution in [0.5, 0.6) is 0 Å². The zero-order valence-corrected chi connectivity index (χ0v) is 18.2. The summed E-state index contributed by atoms with van der Waals surface area (Å²) in [5.41, 5.74) is 7.58. The Morgan fingerprint density at radius 1 is 1.00 bits per heavy atom. The summed E-state index contributed by atoms with van der Waals surface area (Å²) in [7, 11) is 0. The maximum Gasteiger partial charge on any atom is 0.255 e. The summed E-state index contributed by atoms with van der Waals surface area (Å²) in [6, 6.07) is 24.9. The molecule has 1 amide bonds. The first-order chi connectivity index (χ1) is 15.7. The Labute approximate surface area is 187 Å². The van der Waals surface area contributed by atoms with E-state index in [2.05, 4.69) is 66.5 Å². The monoisotopic (exact) mass is 422 g/mol. The van der Waals surface area contributed by atoms with Crippen LogP contribution in [0.1, 0.15) is 45.9 Å². The van der Waals surface area contributed by atoms with Gasteiger partial charge in [-0.15, -0.1) is 0 Å². The lowest BCUT2D eigenvalue weighted by molar-refractivity contribution is 0.0501. The summed E-state index contributed by atoms with van der Waals surface area (Å²) in [4.78, 5) is 19.3. The predicted octanol–water partition coefficient (Wildman–Crippen LogP) is 5.87. The molecule has 6 rings (SSSR count). The molecule has 2 aliphatic heterocycles. The third kappa shape index (κ3) is 3.06. The van der Waals surface area contributed by atoms with Crippen molar-refractivity contribution in [2.75, 3.05) is 13.2 Å². The predicted molar refractivity (Wildman–Crippen MR) is 127 cm³/mol. The molecule has 160 valence electrons. The number of rotatable bonds is 4. The van der Waals surface area contributed by atoms with Gasteiger partial charge in [-0.05, 0) is 43.0 Å². The fraction of sp³-hybridized carbons (Fsp3) is 0.250. The fourth-order valence-electron chi connectivity index (χ4n) is 5.27. The lowest BCUT2D eigenvalue weighted by Gasteiger charge is -2.28. The van der Waals surface area contributed by atoms with E-state index >= 15 is 0 Å². The molecule has 2 atom stereocenters. The van der Waals surface area contributed by atoms with Crippen molar-refractivity contribution in [3.8, 4) is 11.3 Å². The summed E-state index contributed by atoms with van der Waals surface area (Å²) in [5, 5.41) is 1.16. The number of para-hydroxylation sites is 1. The van der Waals surface area contributed by atoms with Crippen LogP contribution in [0.2, 0.25) is 0 Å². The quantitative estimate of drug-likeness (QED) is 0.447. The minimum atomic E-state index is -0.143. The Morgan fingerprint density at radius 3 is 2.59 bits per heavy atom. The highest BCUT2D eigenvalue weighted by atomic mass is 16.5. The summed E-state index contributed by atoms with van der Waals surface area (Å²) < 4.78 is 5.94. The van der Waals surface area contributed by atoms with Gasteiger partial charge in [0, 0.05) is 35.2 Å². The molecule has 1 N–H and O–H groups in total. The molecule has 0 saturated carbocycles. The zero-order valence-electron chi connectivity index (χ0n) is 18.2. The summed E-state index contributed by atoms with van der Waals surface area (Å²) in [6.07, 6.45) is 2.17. The first kappa shape index (κ1) is 19.3. The van der Waals surface area contributed by atoms with Gasteiger partial charge in [0.25, 0.3) is 5.91 Å². The highest BCUT2D eigenvalue weighted by molar-refractivity contribution is 6.02. The molecule has 4 heteroatoms. The molecule has 4 aromatic rings. The van der Waals surface area contributed by atoms with Crippen molar-refractivity contribution in [3.63, 3.8) is 0 Å². The van der Waals surface area contributed by atoms with Gasteiger partial charge in [0.2, 0.25) is 0 Å². The van der Waals surface area contributed by atoms with Crippen molar-refractivity contribution in [1.29, 1.82) is 0 Å². The molecule has 1 fully saturated rings. The van der Waals surface area contributed by atoms with Crippen LogP contribution in [0.15, 0.2) is 72.8 Å². The Morgan fingerprint density at radius 2 is 1.78 bits per heavy atom. The molecule has 1 saturated heterocycles. The highest BCUT2D eigenvalue weighted by Gasteiger charge is 2.41. The molecule has 3 aromatic carbocycles. The van der Waals surface area contributed by atoms with Crippen molar-refractivity contribution in [2.24, 2.45) is 0 Å². The summed E-state index contributed by atoms with van der Waals surface area (Å²) >= 11 is 0. The number of aromatic nitrogens is 1. The van der Waals surface area contributed by atoms with Gasteiger partial charge in [0.1, 0.15) is 0 Å². The SMILES string of the molecule is Cc1ccc(-c2[nH]c3ccccc3c2[C@@H]2c3ccccc3C(=O)N2C[C@H]2CCCO2)cc1. The lowest BCUT2D eigenvalue weighted by atomic mass is 9.93. The Balaban J connectivity index is 1.57. The Hall–Kier alpha value is -3.37. The number of benzene rings is 3. The Bertz CT molecular complexity index is 1300. The van der Waals surface area contributed by atoms with Crippen LogP contribution in [0.25, 0.3) is 22.2 Å². The molecule has 0 aliphatic carbocycles. The van der Waals surface area contributed by atoms with Crippen molar-refractivity contribution in [2.45, 2.75) is 31.9 Å². The zero-order chi connectivity index (χ0) is 21.7. The number of aromatic amines is 1. The van der Waals surface area contributed by atoms with E-state index in [4.69, 9.17) is 4.74 Å².